The zero-order chi connectivity index (χ0) is 19.0. The summed E-state index contributed by atoms with van der Waals surface area (Å²) in [6, 6.07) is 10.0. The third-order valence-corrected chi connectivity index (χ3v) is 5.52. The van der Waals surface area contributed by atoms with E-state index in [1.165, 1.54) is 16.9 Å². The van der Waals surface area contributed by atoms with Crippen molar-refractivity contribution >= 4 is 21.1 Å². The molecule has 1 aromatic carbocycles. The molecule has 3 aromatic heterocycles. The standard InChI is InChI=1S/C16H15N7O3S/c1-10-14-8-13(9-17-16(14)26-19-10)27(24,25)20-11(2)15-18-21-22-23(15)12-6-4-3-5-7-12/h3-9,11,20H,1-2H3. The van der Waals surface area contributed by atoms with E-state index in [2.05, 4.69) is 30.4 Å². The number of pyridine rings is 1. The molecule has 138 valence electrons. The Bertz CT molecular complexity index is 1200. The maximum Gasteiger partial charge on any atom is 0.257 e. The number of hydrogen-bond acceptors (Lipinski definition) is 8. The van der Waals surface area contributed by atoms with Crippen LogP contribution >= 0.6 is 0 Å². The van der Waals surface area contributed by atoms with E-state index in [-0.39, 0.29) is 10.6 Å². The van der Waals surface area contributed by atoms with Crippen molar-refractivity contribution in [2.24, 2.45) is 0 Å². The second-order valence-electron chi connectivity index (χ2n) is 5.92. The molecule has 0 aliphatic carbocycles. The van der Waals surface area contributed by atoms with E-state index in [4.69, 9.17) is 4.52 Å². The van der Waals surface area contributed by atoms with Crippen LogP contribution in [0.3, 0.4) is 0 Å². The summed E-state index contributed by atoms with van der Waals surface area (Å²) in [7, 11) is -3.86. The Labute approximate surface area is 154 Å². The fraction of sp³-hybridized carbons (Fsp3) is 0.188. The van der Waals surface area contributed by atoms with Gasteiger partial charge < -0.3 is 4.52 Å². The van der Waals surface area contributed by atoms with Crippen molar-refractivity contribution < 1.29 is 12.9 Å². The number of sulfonamides is 1. The maximum absolute atomic E-state index is 12.8. The first-order valence-corrected chi connectivity index (χ1v) is 9.52. The smallest absolute Gasteiger partial charge is 0.257 e. The minimum absolute atomic E-state index is 0.00638. The molecule has 0 aliphatic rings. The van der Waals surface area contributed by atoms with Crippen molar-refractivity contribution in [1.29, 1.82) is 0 Å². The SMILES string of the molecule is Cc1noc2ncc(S(=O)(=O)NC(C)c3nnnn3-c3ccccc3)cc12. The Morgan fingerprint density at radius 3 is 2.78 bits per heavy atom. The van der Waals surface area contributed by atoms with Gasteiger partial charge >= 0.3 is 0 Å². The molecule has 0 bridgehead atoms. The molecular weight excluding hydrogens is 370 g/mol. The lowest BCUT2D eigenvalue weighted by atomic mass is 10.3. The first kappa shape index (κ1) is 17.2. The molecule has 0 fully saturated rings. The monoisotopic (exact) mass is 385 g/mol. The first-order chi connectivity index (χ1) is 13.0. The summed E-state index contributed by atoms with van der Waals surface area (Å²) < 4.78 is 34.6. The Hall–Kier alpha value is -3.18. The quantitative estimate of drug-likeness (QED) is 0.548. The molecule has 10 nitrogen and oxygen atoms in total. The number of benzene rings is 1. The van der Waals surface area contributed by atoms with E-state index in [0.717, 1.165) is 5.69 Å². The Morgan fingerprint density at radius 2 is 2.00 bits per heavy atom. The molecule has 0 amide bonds. The van der Waals surface area contributed by atoms with Gasteiger partial charge in [-0.25, -0.2) is 18.1 Å². The predicted molar refractivity (Wildman–Crippen MR) is 94.4 cm³/mol. The molecule has 1 unspecified atom stereocenters. The molecule has 27 heavy (non-hydrogen) atoms. The summed E-state index contributed by atoms with van der Waals surface area (Å²) in [5, 5.41) is 15.9. The van der Waals surface area contributed by atoms with Gasteiger partial charge in [-0.05, 0) is 42.5 Å². The van der Waals surface area contributed by atoms with Crippen molar-refractivity contribution in [1.82, 2.24) is 35.1 Å². The highest BCUT2D eigenvalue weighted by atomic mass is 32.2. The topological polar surface area (TPSA) is 129 Å². The van der Waals surface area contributed by atoms with Crippen LogP contribution in [0.4, 0.5) is 0 Å². The van der Waals surface area contributed by atoms with Gasteiger partial charge in [0.15, 0.2) is 5.82 Å². The lowest BCUT2D eigenvalue weighted by Crippen LogP contribution is -2.29. The van der Waals surface area contributed by atoms with Gasteiger partial charge in [0.05, 0.1) is 29.0 Å². The summed E-state index contributed by atoms with van der Waals surface area (Å²) in [5.41, 5.74) is 1.58. The van der Waals surface area contributed by atoms with E-state index < -0.39 is 16.1 Å². The number of tetrazole rings is 1. The molecule has 0 saturated carbocycles. The largest absolute Gasteiger partial charge is 0.336 e. The van der Waals surface area contributed by atoms with Crippen molar-refractivity contribution in [2.75, 3.05) is 0 Å². The Morgan fingerprint density at radius 1 is 1.22 bits per heavy atom. The summed E-state index contributed by atoms with van der Waals surface area (Å²) in [6.07, 6.45) is 1.22. The number of fused-ring (bicyclic) bond motifs is 1. The van der Waals surface area contributed by atoms with Crippen molar-refractivity contribution in [2.45, 2.75) is 24.8 Å². The van der Waals surface area contributed by atoms with Crippen LogP contribution in [0.15, 0.2) is 52.0 Å². The van der Waals surface area contributed by atoms with Crippen LogP contribution in [-0.2, 0) is 10.0 Å². The highest BCUT2D eigenvalue weighted by molar-refractivity contribution is 7.89. The van der Waals surface area contributed by atoms with Gasteiger partial charge in [0.25, 0.3) is 5.71 Å². The van der Waals surface area contributed by atoms with E-state index >= 15 is 0 Å². The van der Waals surface area contributed by atoms with E-state index in [0.29, 0.717) is 16.9 Å². The molecule has 4 aromatic rings. The van der Waals surface area contributed by atoms with Crippen LogP contribution in [0, 0.1) is 6.92 Å². The second kappa shape index (κ2) is 6.52. The predicted octanol–water partition coefficient (Wildman–Crippen LogP) is 1.55. The zero-order valence-corrected chi connectivity index (χ0v) is 15.3. The molecular formula is C16H15N7O3S. The van der Waals surface area contributed by atoms with Gasteiger partial charge in [-0.2, -0.15) is 4.68 Å². The molecule has 0 radical (unpaired) electrons. The fourth-order valence-corrected chi connectivity index (χ4v) is 3.81. The van der Waals surface area contributed by atoms with Crippen LogP contribution in [0.5, 0.6) is 0 Å². The highest BCUT2D eigenvalue weighted by Crippen LogP contribution is 2.21. The third kappa shape index (κ3) is 3.17. The van der Waals surface area contributed by atoms with Crippen molar-refractivity contribution in [3.63, 3.8) is 0 Å². The van der Waals surface area contributed by atoms with Gasteiger partial charge in [0, 0.05) is 0 Å². The molecule has 4 rings (SSSR count). The lowest BCUT2D eigenvalue weighted by Gasteiger charge is -2.14. The van der Waals surface area contributed by atoms with E-state index in [1.54, 1.807) is 13.8 Å². The number of nitrogens with zero attached hydrogens (tertiary/aromatic N) is 6. The van der Waals surface area contributed by atoms with Crippen LogP contribution in [0.1, 0.15) is 24.5 Å². The minimum Gasteiger partial charge on any atom is -0.336 e. The van der Waals surface area contributed by atoms with Crippen LogP contribution in [0.25, 0.3) is 16.8 Å². The average molecular weight is 385 g/mol. The van der Waals surface area contributed by atoms with Crippen molar-refractivity contribution in [3.05, 3.63) is 54.1 Å². The number of aromatic nitrogens is 6. The number of rotatable bonds is 5. The summed E-state index contributed by atoms with van der Waals surface area (Å²) in [5.74, 6) is 0.361. The zero-order valence-electron chi connectivity index (χ0n) is 14.4. The normalized spacial score (nSPS) is 13.1. The minimum atomic E-state index is -3.86. The third-order valence-electron chi connectivity index (χ3n) is 4.01. The molecule has 0 saturated heterocycles. The molecule has 1 N–H and O–H groups in total. The summed E-state index contributed by atoms with van der Waals surface area (Å²) in [6.45, 7) is 3.38. The van der Waals surface area contributed by atoms with Crippen LogP contribution < -0.4 is 4.72 Å². The summed E-state index contributed by atoms with van der Waals surface area (Å²) in [4.78, 5) is 4.02. The molecule has 3 heterocycles. The van der Waals surface area contributed by atoms with E-state index in [9.17, 15) is 8.42 Å². The Kier molecular flexibility index (Phi) is 4.16. The fourth-order valence-electron chi connectivity index (χ4n) is 2.64. The number of hydrogen-bond donors (Lipinski definition) is 1. The number of nitrogens with one attached hydrogen (secondary N) is 1. The second-order valence-corrected chi connectivity index (χ2v) is 7.63. The highest BCUT2D eigenvalue weighted by Gasteiger charge is 2.24. The van der Waals surface area contributed by atoms with Crippen LogP contribution in [0.2, 0.25) is 0 Å². The average Bonchev–Trinajstić information content (AvgIpc) is 3.29. The van der Waals surface area contributed by atoms with Gasteiger partial charge in [-0.15, -0.1) is 5.10 Å². The first-order valence-electron chi connectivity index (χ1n) is 8.04. The molecule has 0 spiro atoms. The van der Waals surface area contributed by atoms with Crippen molar-refractivity contribution in [3.8, 4) is 5.69 Å². The van der Waals surface area contributed by atoms with Crippen LogP contribution in [-0.4, -0.2) is 38.8 Å². The number of para-hydroxylation sites is 1. The van der Waals surface area contributed by atoms with Gasteiger partial charge in [0.1, 0.15) is 4.90 Å². The lowest BCUT2D eigenvalue weighted by molar-refractivity contribution is 0.442. The molecule has 1 atom stereocenters. The Balaban J connectivity index is 1.65. The van der Waals surface area contributed by atoms with Gasteiger partial charge in [-0.3, -0.25) is 0 Å². The maximum atomic E-state index is 12.8. The van der Waals surface area contributed by atoms with Gasteiger partial charge in [0.2, 0.25) is 10.0 Å². The summed E-state index contributed by atoms with van der Waals surface area (Å²) >= 11 is 0. The molecule has 11 heteroatoms. The van der Waals surface area contributed by atoms with Gasteiger partial charge in [-0.1, -0.05) is 23.4 Å². The van der Waals surface area contributed by atoms with E-state index in [1.807, 2.05) is 30.3 Å². The molecule has 0 aliphatic heterocycles. The number of aryl methyl sites for hydroxylation is 1.